The standard InChI is InChI=1S/C6H11NO.C5H9FO.C2H6/c1-5-3-4-7(2)6(5)8;1-5(6)2-3-7-4-5;1-2/h5H,3-4H2,1-2H3;2-4H2,1H3;1-2H3. The van der Waals surface area contributed by atoms with Crippen molar-refractivity contribution in [3.05, 3.63) is 0 Å². The number of ether oxygens (including phenoxy) is 1. The second-order valence-electron chi connectivity index (χ2n) is 4.67. The van der Waals surface area contributed by atoms with Gasteiger partial charge in [0.25, 0.3) is 0 Å². The number of halogens is 1. The highest BCUT2D eigenvalue weighted by Crippen LogP contribution is 2.21. The summed E-state index contributed by atoms with van der Waals surface area (Å²) in [4.78, 5) is 12.6. The molecule has 2 aliphatic rings. The van der Waals surface area contributed by atoms with E-state index in [2.05, 4.69) is 0 Å². The Morgan fingerprint density at radius 1 is 1.47 bits per heavy atom. The Balaban J connectivity index is 0.000000265. The van der Waals surface area contributed by atoms with Crippen molar-refractivity contribution in [1.29, 1.82) is 0 Å². The van der Waals surface area contributed by atoms with Gasteiger partial charge in [0.05, 0.1) is 6.61 Å². The maximum atomic E-state index is 12.5. The normalized spacial score (nSPS) is 31.5. The molecule has 2 unspecified atom stereocenters. The van der Waals surface area contributed by atoms with Gasteiger partial charge >= 0.3 is 0 Å². The molecule has 0 aliphatic carbocycles. The molecule has 0 aromatic carbocycles. The van der Waals surface area contributed by atoms with E-state index >= 15 is 0 Å². The van der Waals surface area contributed by atoms with Gasteiger partial charge in [0.1, 0.15) is 5.67 Å². The number of hydrogen-bond donors (Lipinski definition) is 0. The number of likely N-dealkylation sites (tertiary alicyclic amines) is 1. The van der Waals surface area contributed by atoms with Gasteiger partial charge in [-0.25, -0.2) is 4.39 Å². The molecule has 2 fully saturated rings. The van der Waals surface area contributed by atoms with E-state index in [0.29, 0.717) is 18.9 Å². The van der Waals surface area contributed by atoms with Gasteiger partial charge < -0.3 is 9.64 Å². The maximum Gasteiger partial charge on any atom is 0.225 e. The zero-order valence-corrected chi connectivity index (χ0v) is 11.8. The molecular formula is C13H26FNO2. The monoisotopic (exact) mass is 247 g/mol. The molecule has 17 heavy (non-hydrogen) atoms. The van der Waals surface area contributed by atoms with Crippen LogP contribution in [0.25, 0.3) is 0 Å². The molecular weight excluding hydrogens is 221 g/mol. The molecule has 102 valence electrons. The largest absolute Gasteiger partial charge is 0.378 e. The quantitative estimate of drug-likeness (QED) is 0.658. The predicted octanol–water partition coefficient (Wildman–Crippen LogP) is 2.65. The van der Waals surface area contributed by atoms with Crippen LogP contribution in [-0.2, 0) is 9.53 Å². The molecule has 1 amide bonds. The lowest BCUT2D eigenvalue weighted by molar-refractivity contribution is -0.129. The molecule has 0 radical (unpaired) electrons. The predicted molar refractivity (Wildman–Crippen MR) is 67.7 cm³/mol. The second-order valence-corrected chi connectivity index (χ2v) is 4.67. The Bertz CT molecular complexity index is 211. The van der Waals surface area contributed by atoms with Crippen molar-refractivity contribution in [3.8, 4) is 0 Å². The van der Waals surface area contributed by atoms with Crippen LogP contribution in [-0.4, -0.2) is 43.3 Å². The number of amides is 1. The maximum absolute atomic E-state index is 12.5. The third-order valence-corrected chi connectivity index (χ3v) is 2.87. The van der Waals surface area contributed by atoms with Crippen molar-refractivity contribution in [2.75, 3.05) is 26.8 Å². The van der Waals surface area contributed by atoms with E-state index in [0.717, 1.165) is 13.0 Å². The Hall–Kier alpha value is -0.640. The molecule has 2 rings (SSSR count). The molecule has 0 bridgehead atoms. The van der Waals surface area contributed by atoms with Crippen molar-refractivity contribution in [2.45, 2.75) is 46.2 Å². The molecule has 4 heteroatoms. The summed E-state index contributed by atoms with van der Waals surface area (Å²) >= 11 is 0. The highest BCUT2D eigenvalue weighted by molar-refractivity contribution is 5.80. The fraction of sp³-hybridized carbons (Fsp3) is 0.923. The average Bonchev–Trinajstić information content (AvgIpc) is 2.83. The fourth-order valence-corrected chi connectivity index (χ4v) is 1.64. The SMILES string of the molecule is CC.CC1(F)CCOC1.CC1CCN(C)C1=O. The molecule has 0 N–H and O–H groups in total. The highest BCUT2D eigenvalue weighted by Gasteiger charge is 2.28. The summed E-state index contributed by atoms with van der Waals surface area (Å²) < 4.78 is 17.3. The molecule has 2 heterocycles. The number of alkyl halides is 1. The third kappa shape index (κ3) is 6.01. The Kier molecular flexibility index (Phi) is 7.35. The summed E-state index contributed by atoms with van der Waals surface area (Å²) in [5.74, 6) is 0.574. The number of carbonyl (C=O) groups is 1. The molecule has 0 aromatic rings. The molecule has 3 nitrogen and oxygen atoms in total. The van der Waals surface area contributed by atoms with Crippen LogP contribution < -0.4 is 0 Å². The summed E-state index contributed by atoms with van der Waals surface area (Å²) in [7, 11) is 1.85. The van der Waals surface area contributed by atoms with E-state index in [1.807, 2.05) is 27.8 Å². The number of carbonyl (C=O) groups excluding carboxylic acids is 1. The van der Waals surface area contributed by atoms with Gasteiger partial charge in [0.15, 0.2) is 0 Å². The van der Waals surface area contributed by atoms with Gasteiger partial charge in [-0.3, -0.25) is 4.79 Å². The molecule has 0 saturated carbocycles. The lowest BCUT2D eigenvalue weighted by Gasteiger charge is -2.06. The van der Waals surface area contributed by atoms with Gasteiger partial charge in [-0.15, -0.1) is 0 Å². The van der Waals surface area contributed by atoms with Crippen molar-refractivity contribution >= 4 is 5.91 Å². The van der Waals surface area contributed by atoms with E-state index in [4.69, 9.17) is 4.74 Å². The Labute approximate surface area is 104 Å². The minimum absolute atomic E-state index is 0.278. The van der Waals surface area contributed by atoms with E-state index in [9.17, 15) is 9.18 Å². The van der Waals surface area contributed by atoms with Crippen LogP contribution in [0, 0.1) is 5.92 Å². The molecule has 0 aromatic heterocycles. The smallest absolute Gasteiger partial charge is 0.225 e. The number of rotatable bonds is 0. The Morgan fingerprint density at radius 2 is 2.06 bits per heavy atom. The zero-order valence-electron chi connectivity index (χ0n) is 11.8. The van der Waals surface area contributed by atoms with Gasteiger partial charge in [0.2, 0.25) is 5.91 Å². The van der Waals surface area contributed by atoms with Crippen LogP contribution in [0.4, 0.5) is 4.39 Å². The summed E-state index contributed by atoms with van der Waals surface area (Å²) in [5, 5.41) is 0. The summed E-state index contributed by atoms with van der Waals surface area (Å²) in [6.07, 6.45) is 1.60. The first kappa shape index (κ1) is 16.4. The first-order chi connectivity index (χ1) is 7.92. The first-order valence-electron chi connectivity index (χ1n) is 6.44. The lowest BCUT2D eigenvalue weighted by atomic mass is 10.1. The number of hydrogen-bond acceptors (Lipinski definition) is 2. The van der Waals surface area contributed by atoms with Crippen LogP contribution in [0.2, 0.25) is 0 Å². The summed E-state index contributed by atoms with van der Waals surface area (Å²) in [5.41, 5.74) is -1.03. The summed E-state index contributed by atoms with van der Waals surface area (Å²) in [6, 6.07) is 0. The average molecular weight is 247 g/mol. The topological polar surface area (TPSA) is 29.5 Å². The van der Waals surface area contributed by atoms with Gasteiger partial charge in [0, 0.05) is 32.5 Å². The van der Waals surface area contributed by atoms with E-state index in [1.165, 1.54) is 0 Å². The van der Waals surface area contributed by atoms with Crippen LogP contribution in [0.15, 0.2) is 0 Å². The third-order valence-electron chi connectivity index (χ3n) is 2.87. The first-order valence-corrected chi connectivity index (χ1v) is 6.44. The minimum Gasteiger partial charge on any atom is -0.378 e. The molecule has 2 atom stereocenters. The summed E-state index contributed by atoms with van der Waals surface area (Å²) in [6.45, 7) is 9.37. The Morgan fingerprint density at radius 3 is 2.18 bits per heavy atom. The number of nitrogens with zero attached hydrogens (tertiary/aromatic N) is 1. The van der Waals surface area contributed by atoms with Crippen molar-refractivity contribution in [2.24, 2.45) is 5.92 Å². The fourth-order valence-electron chi connectivity index (χ4n) is 1.64. The highest BCUT2D eigenvalue weighted by atomic mass is 19.1. The van der Waals surface area contributed by atoms with Crippen molar-refractivity contribution < 1.29 is 13.9 Å². The van der Waals surface area contributed by atoms with Gasteiger partial charge in [-0.2, -0.15) is 0 Å². The van der Waals surface area contributed by atoms with Gasteiger partial charge in [-0.1, -0.05) is 20.8 Å². The lowest BCUT2D eigenvalue weighted by Crippen LogP contribution is -2.21. The van der Waals surface area contributed by atoms with Crippen LogP contribution in [0.5, 0.6) is 0 Å². The second kappa shape index (κ2) is 7.64. The molecule has 0 spiro atoms. The van der Waals surface area contributed by atoms with Crippen LogP contribution in [0.1, 0.15) is 40.5 Å². The minimum atomic E-state index is -1.03. The van der Waals surface area contributed by atoms with E-state index in [1.54, 1.807) is 11.8 Å². The van der Waals surface area contributed by atoms with Gasteiger partial charge in [-0.05, 0) is 13.3 Å². The van der Waals surface area contributed by atoms with Crippen LogP contribution >= 0.6 is 0 Å². The van der Waals surface area contributed by atoms with Crippen molar-refractivity contribution in [3.63, 3.8) is 0 Å². The van der Waals surface area contributed by atoms with E-state index in [-0.39, 0.29) is 12.5 Å². The van der Waals surface area contributed by atoms with E-state index < -0.39 is 5.67 Å². The van der Waals surface area contributed by atoms with Crippen LogP contribution in [0.3, 0.4) is 0 Å². The molecule has 2 saturated heterocycles. The van der Waals surface area contributed by atoms with Crippen molar-refractivity contribution in [1.82, 2.24) is 4.90 Å². The zero-order chi connectivity index (χ0) is 13.5. The molecule has 2 aliphatic heterocycles.